The fourth-order valence-corrected chi connectivity index (χ4v) is 2.89. The zero-order chi connectivity index (χ0) is 18.4. The van der Waals surface area contributed by atoms with E-state index in [1.165, 1.54) is 0 Å². The SMILES string of the molecule is NC(=O)Nc1cccc(NC(=O)c2ccc(OCc3cccs3)cc2)c1. The Balaban J connectivity index is 1.60. The first kappa shape index (κ1) is 17.5. The highest BCUT2D eigenvalue weighted by Crippen LogP contribution is 2.19. The van der Waals surface area contributed by atoms with E-state index in [0.29, 0.717) is 29.3 Å². The quantitative estimate of drug-likeness (QED) is 0.613. The smallest absolute Gasteiger partial charge is 0.316 e. The fourth-order valence-electron chi connectivity index (χ4n) is 2.27. The second-order valence-electron chi connectivity index (χ2n) is 5.42. The van der Waals surface area contributed by atoms with Crippen molar-refractivity contribution >= 4 is 34.6 Å². The van der Waals surface area contributed by atoms with Crippen LogP contribution < -0.4 is 21.1 Å². The number of thiophene rings is 1. The molecule has 0 radical (unpaired) electrons. The third-order valence-corrected chi connectivity index (χ3v) is 4.32. The molecule has 0 fully saturated rings. The predicted octanol–water partition coefficient (Wildman–Crippen LogP) is 4.07. The van der Waals surface area contributed by atoms with Gasteiger partial charge in [0.1, 0.15) is 12.4 Å². The number of amides is 3. The molecule has 0 unspecified atom stereocenters. The summed E-state index contributed by atoms with van der Waals surface area (Å²) in [5.74, 6) is 0.439. The van der Waals surface area contributed by atoms with E-state index >= 15 is 0 Å². The molecule has 1 aromatic heterocycles. The first-order chi connectivity index (χ1) is 12.6. The lowest BCUT2D eigenvalue weighted by molar-refractivity contribution is 0.102. The summed E-state index contributed by atoms with van der Waals surface area (Å²) in [4.78, 5) is 24.4. The van der Waals surface area contributed by atoms with Crippen molar-refractivity contribution in [1.82, 2.24) is 0 Å². The van der Waals surface area contributed by atoms with Crippen molar-refractivity contribution in [3.63, 3.8) is 0 Å². The van der Waals surface area contributed by atoms with Gasteiger partial charge in [-0.05, 0) is 53.9 Å². The zero-order valence-electron chi connectivity index (χ0n) is 13.8. The normalized spacial score (nSPS) is 10.2. The van der Waals surface area contributed by atoms with Crippen molar-refractivity contribution < 1.29 is 14.3 Å². The minimum Gasteiger partial charge on any atom is -0.488 e. The van der Waals surface area contributed by atoms with Gasteiger partial charge >= 0.3 is 6.03 Å². The Morgan fingerprint density at radius 2 is 1.69 bits per heavy atom. The maximum Gasteiger partial charge on any atom is 0.316 e. The van der Waals surface area contributed by atoms with Crippen LogP contribution in [0.3, 0.4) is 0 Å². The fraction of sp³-hybridized carbons (Fsp3) is 0.0526. The van der Waals surface area contributed by atoms with Gasteiger partial charge in [0, 0.05) is 21.8 Å². The molecule has 4 N–H and O–H groups in total. The number of primary amides is 1. The summed E-state index contributed by atoms with van der Waals surface area (Å²) in [6, 6.07) is 17.0. The summed E-state index contributed by atoms with van der Waals surface area (Å²) in [6.45, 7) is 0.503. The number of nitrogens with two attached hydrogens (primary N) is 1. The molecule has 0 atom stereocenters. The van der Waals surface area contributed by atoms with Gasteiger partial charge in [-0.15, -0.1) is 11.3 Å². The van der Waals surface area contributed by atoms with Crippen molar-refractivity contribution in [2.24, 2.45) is 5.73 Å². The standard InChI is InChI=1S/C19H17N3O3S/c20-19(24)22-15-4-1-3-14(11-15)21-18(23)13-6-8-16(9-7-13)25-12-17-5-2-10-26-17/h1-11H,12H2,(H,21,23)(H3,20,22,24). The Labute approximate surface area is 154 Å². The minimum atomic E-state index is -0.661. The van der Waals surface area contributed by atoms with Gasteiger partial charge in [0.25, 0.3) is 5.91 Å². The first-order valence-electron chi connectivity index (χ1n) is 7.83. The number of hydrogen-bond donors (Lipinski definition) is 3. The third kappa shape index (κ3) is 4.84. The monoisotopic (exact) mass is 367 g/mol. The van der Waals surface area contributed by atoms with Gasteiger partial charge < -0.3 is 21.1 Å². The third-order valence-electron chi connectivity index (χ3n) is 3.47. The number of benzene rings is 2. The molecule has 3 rings (SSSR count). The molecular weight excluding hydrogens is 350 g/mol. The summed E-state index contributed by atoms with van der Waals surface area (Å²) >= 11 is 1.63. The summed E-state index contributed by atoms with van der Waals surface area (Å²) in [5, 5.41) is 7.24. The first-order valence-corrected chi connectivity index (χ1v) is 8.71. The molecule has 3 aromatic rings. The van der Waals surface area contributed by atoms with Crippen LogP contribution >= 0.6 is 11.3 Å². The van der Waals surface area contributed by atoms with Crippen LogP contribution in [-0.4, -0.2) is 11.9 Å². The number of hydrogen-bond acceptors (Lipinski definition) is 4. The molecule has 0 aliphatic rings. The van der Waals surface area contributed by atoms with Crippen molar-refractivity contribution in [2.75, 3.05) is 10.6 Å². The van der Waals surface area contributed by atoms with Gasteiger partial charge in [0.15, 0.2) is 0 Å². The maximum absolute atomic E-state index is 12.3. The predicted molar refractivity (Wildman–Crippen MR) is 103 cm³/mol. The summed E-state index contributed by atoms with van der Waals surface area (Å²) in [6.07, 6.45) is 0. The average molecular weight is 367 g/mol. The van der Waals surface area contributed by atoms with E-state index in [4.69, 9.17) is 10.5 Å². The molecule has 0 aliphatic heterocycles. The van der Waals surface area contributed by atoms with E-state index in [1.807, 2.05) is 17.5 Å². The Morgan fingerprint density at radius 3 is 2.35 bits per heavy atom. The number of carbonyl (C=O) groups excluding carboxylic acids is 2. The number of nitrogens with one attached hydrogen (secondary N) is 2. The van der Waals surface area contributed by atoms with E-state index in [9.17, 15) is 9.59 Å². The number of carbonyl (C=O) groups is 2. The number of rotatable bonds is 6. The van der Waals surface area contributed by atoms with Gasteiger partial charge in [0.2, 0.25) is 0 Å². The molecule has 132 valence electrons. The van der Waals surface area contributed by atoms with Crippen LogP contribution in [0.5, 0.6) is 5.75 Å². The second kappa shape index (κ2) is 8.17. The van der Waals surface area contributed by atoms with Crippen LogP contribution in [0, 0.1) is 0 Å². The van der Waals surface area contributed by atoms with Crippen LogP contribution in [0.25, 0.3) is 0 Å². The van der Waals surface area contributed by atoms with Gasteiger partial charge in [-0.2, -0.15) is 0 Å². The van der Waals surface area contributed by atoms with E-state index in [2.05, 4.69) is 10.6 Å². The van der Waals surface area contributed by atoms with E-state index in [-0.39, 0.29) is 5.91 Å². The van der Waals surface area contributed by atoms with Crippen molar-refractivity contribution in [3.05, 3.63) is 76.5 Å². The summed E-state index contributed by atoms with van der Waals surface area (Å²) in [7, 11) is 0. The molecule has 26 heavy (non-hydrogen) atoms. The van der Waals surface area contributed by atoms with Crippen LogP contribution in [-0.2, 0) is 6.61 Å². The average Bonchev–Trinajstić information content (AvgIpc) is 3.14. The topological polar surface area (TPSA) is 93.5 Å². The Kier molecular flexibility index (Phi) is 5.50. The van der Waals surface area contributed by atoms with Gasteiger partial charge in [-0.3, -0.25) is 4.79 Å². The lowest BCUT2D eigenvalue weighted by atomic mass is 10.2. The molecule has 6 nitrogen and oxygen atoms in total. The van der Waals surface area contributed by atoms with Gasteiger partial charge in [-0.25, -0.2) is 4.79 Å². The highest BCUT2D eigenvalue weighted by molar-refractivity contribution is 7.09. The highest BCUT2D eigenvalue weighted by Gasteiger charge is 2.07. The van der Waals surface area contributed by atoms with Gasteiger partial charge in [0.05, 0.1) is 0 Å². The molecule has 7 heteroatoms. The molecule has 0 spiro atoms. The van der Waals surface area contributed by atoms with Crippen molar-refractivity contribution in [1.29, 1.82) is 0 Å². The molecule has 2 aromatic carbocycles. The zero-order valence-corrected chi connectivity index (χ0v) is 14.6. The van der Waals surface area contributed by atoms with Crippen LogP contribution in [0.4, 0.5) is 16.2 Å². The van der Waals surface area contributed by atoms with E-state index < -0.39 is 6.03 Å². The van der Waals surface area contributed by atoms with Gasteiger partial charge in [-0.1, -0.05) is 12.1 Å². The number of anilines is 2. The Bertz CT molecular complexity index is 893. The minimum absolute atomic E-state index is 0.258. The Hall–Kier alpha value is -3.32. The number of urea groups is 1. The molecule has 0 saturated heterocycles. The maximum atomic E-state index is 12.3. The second-order valence-corrected chi connectivity index (χ2v) is 6.45. The lowest BCUT2D eigenvalue weighted by Crippen LogP contribution is -2.19. The summed E-state index contributed by atoms with van der Waals surface area (Å²) < 4.78 is 5.68. The molecule has 0 bridgehead atoms. The summed E-state index contributed by atoms with van der Waals surface area (Å²) in [5.41, 5.74) is 6.65. The molecule has 0 aliphatic carbocycles. The molecule has 1 heterocycles. The van der Waals surface area contributed by atoms with Crippen LogP contribution in [0.15, 0.2) is 66.0 Å². The molecule has 3 amide bonds. The van der Waals surface area contributed by atoms with E-state index in [0.717, 1.165) is 4.88 Å². The molecule has 0 saturated carbocycles. The highest BCUT2D eigenvalue weighted by atomic mass is 32.1. The largest absolute Gasteiger partial charge is 0.488 e. The van der Waals surface area contributed by atoms with Crippen molar-refractivity contribution in [3.8, 4) is 5.75 Å². The Morgan fingerprint density at radius 1 is 0.962 bits per heavy atom. The van der Waals surface area contributed by atoms with Crippen LogP contribution in [0.2, 0.25) is 0 Å². The lowest BCUT2D eigenvalue weighted by Gasteiger charge is -2.09. The van der Waals surface area contributed by atoms with Crippen LogP contribution in [0.1, 0.15) is 15.2 Å². The number of ether oxygens (including phenoxy) is 1. The molecular formula is C19H17N3O3S. The van der Waals surface area contributed by atoms with E-state index in [1.54, 1.807) is 59.9 Å². The van der Waals surface area contributed by atoms with Crippen molar-refractivity contribution in [2.45, 2.75) is 6.61 Å².